The maximum atomic E-state index is 12.5. The van der Waals surface area contributed by atoms with Crippen LogP contribution in [0.1, 0.15) is 37.3 Å². The molecule has 0 radical (unpaired) electrons. The number of carboxylic acids is 1. The number of fused-ring (bicyclic) bond motifs is 3. The summed E-state index contributed by atoms with van der Waals surface area (Å²) in [6.45, 7) is 3.71. The van der Waals surface area contributed by atoms with E-state index in [2.05, 4.69) is 16.6 Å². The molecule has 3 N–H and O–H groups in total. The molecule has 0 bridgehead atoms. The van der Waals surface area contributed by atoms with Gasteiger partial charge in [-0.05, 0) is 28.2 Å². The van der Waals surface area contributed by atoms with E-state index in [1.54, 1.807) is 0 Å². The topological polar surface area (TPSA) is 105 Å². The Morgan fingerprint density at radius 2 is 1.59 bits per heavy atom. The van der Waals surface area contributed by atoms with E-state index in [0.29, 0.717) is 0 Å². The second kappa shape index (κ2) is 10.0. The van der Waals surface area contributed by atoms with Gasteiger partial charge in [-0.15, -0.1) is 6.42 Å². The first-order chi connectivity index (χ1) is 15.3. The number of carbonyl (C=O) groups excluding carboxylic acids is 2. The molecule has 2 aromatic carbocycles. The highest BCUT2D eigenvalue weighted by molar-refractivity contribution is 5.89. The summed E-state index contributed by atoms with van der Waals surface area (Å²) >= 11 is 0. The molecule has 32 heavy (non-hydrogen) atoms. The first-order valence-electron chi connectivity index (χ1n) is 10.4. The average Bonchev–Trinajstić information content (AvgIpc) is 3.08. The predicted octanol–water partition coefficient (Wildman–Crippen LogP) is 3.14. The Kier molecular flexibility index (Phi) is 7.16. The van der Waals surface area contributed by atoms with Gasteiger partial charge in [0.2, 0.25) is 5.91 Å². The minimum absolute atomic E-state index is 0.0520. The molecule has 0 aliphatic heterocycles. The first-order valence-corrected chi connectivity index (χ1v) is 10.4. The zero-order chi connectivity index (χ0) is 23.3. The van der Waals surface area contributed by atoms with Gasteiger partial charge < -0.3 is 20.5 Å². The normalized spacial score (nSPS) is 13.9. The molecule has 7 nitrogen and oxygen atoms in total. The van der Waals surface area contributed by atoms with Gasteiger partial charge in [-0.1, -0.05) is 68.3 Å². The van der Waals surface area contributed by atoms with Crippen molar-refractivity contribution in [3.8, 4) is 23.5 Å². The van der Waals surface area contributed by atoms with Crippen LogP contribution in [0.5, 0.6) is 0 Å². The van der Waals surface area contributed by atoms with Crippen LogP contribution in [-0.2, 0) is 14.3 Å². The van der Waals surface area contributed by atoms with Crippen molar-refractivity contribution >= 4 is 18.0 Å². The Labute approximate surface area is 187 Å². The molecule has 166 valence electrons. The van der Waals surface area contributed by atoms with Gasteiger partial charge in [-0.2, -0.15) is 0 Å². The second-order valence-electron chi connectivity index (χ2n) is 8.02. The van der Waals surface area contributed by atoms with E-state index in [1.165, 1.54) is 0 Å². The highest BCUT2D eigenvalue weighted by Crippen LogP contribution is 2.44. The van der Waals surface area contributed by atoms with E-state index in [-0.39, 0.29) is 18.4 Å². The van der Waals surface area contributed by atoms with Crippen LogP contribution in [0, 0.1) is 18.3 Å². The molecule has 1 aliphatic carbocycles. The number of carbonyl (C=O) groups is 3. The molecular formula is C25H26N2O5. The van der Waals surface area contributed by atoms with E-state index in [0.717, 1.165) is 22.3 Å². The monoisotopic (exact) mass is 434 g/mol. The smallest absolute Gasteiger partial charge is 0.407 e. The number of nitrogens with one attached hydrogen (secondary N) is 2. The summed E-state index contributed by atoms with van der Waals surface area (Å²) in [5.74, 6) is 0.353. The van der Waals surface area contributed by atoms with Crippen LogP contribution in [0.4, 0.5) is 4.79 Å². The summed E-state index contributed by atoms with van der Waals surface area (Å²) in [7, 11) is 0. The largest absolute Gasteiger partial charge is 0.481 e. The lowest BCUT2D eigenvalue weighted by Gasteiger charge is -2.22. The summed E-state index contributed by atoms with van der Waals surface area (Å²) in [6.07, 6.45) is 3.97. The SMILES string of the molecule is C#CC(NC(=O)C(CC(=O)O)NC(=O)OCC1c2ccccc2-c2ccccc21)C(C)C. The van der Waals surface area contributed by atoms with Gasteiger partial charge in [0.1, 0.15) is 12.6 Å². The van der Waals surface area contributed by atoms with Gasteiger partial charge >= 0.3 is 12.1 Å². The Balaban J connectivity index is 1.67. The van der Waals surface area contributed by atoms with Crippen LogP contribution in [0.15, 0.2) is 48.5 Å². The number of hydrogen-bond donors (Lipinski definition) is 3. The number of aliphatic carboxylic acids is 1. The van der Waals surface area contributed by atoms with Crippen molar-refractivity contribution in [1.82, 2.24) is 10.6 Å². The molecule has 0 saturated carbocycles. The number of carboxylic acid groups (broad SMARTS) is 1. The van der Waals surface area contributed by atoms with E-state index < -0.39 is 36.5 Å². The zero-order valence-corrected chi connectivity index (χ0v) is 18.0. The number of hydrogen-bond acceptors (Lipinski definition) is 4. The number of terminal acetylenes is 1. The quantitative estimate of drug-likeness (QED) is 0.554. The van der Waals surface area contributed by atoms with Gasteiger partial charge in [0.15, 0.2) is 0 Å². The van der Waals surface area contributed by atoms with Crippen molar-refractivity contribution in [2.45, 2.75) is 38.3 Å². The van der Waals surface area contributed by atoms with Crippen molar-refractivity contribution in [2.24, 2.45) is 5.92 Å². The summed E-state index contributed by atoms with van der Waals surface area (Å²) in [6, 6.07) is 13.9. The molecule has 3 rings (SSSR count). The number of alkyl carbamates (subject to hydrolysis) is 1. The van der Waals surface area contributed by atoms with Crippen LogP contribution < -0.4 is 10.6 Å². The van der Waals surface area contributed by atoms with Crippen molar-refractivity contribution in [2.75, 3.05) is 6.61 Å². The van der Waals surface area contributed by atoms with E-state index in [4.69, 9.17) is 16.3 Å². The number of amides is 2. The maximum absolute atomic E-state index is 12.5. The maximum Gasteiger partial charge on any atom is 0.407 e. The Morgan fingerprint density at radius 1 is 1.03 bits per heavy atom. The Hall–Kier alpha value is -3.79. The third-order valence-corrected chi connectivity index (χ3v) is 5.47. The molecule has 0 saturated heterocycles. The second-order valence-corrected chi connectivity index (χ2v) is 8.02. The van der Waals surface area contributed by atoms with Gasteiger partial charge in [0, 0.05) is 5.92 Å². The van der Waals surface area contributed by atoms with Gasteiger partial charge in [0.05, 0.1) is 12.5 Å². The van der Waals surface area contributed by atoms with Crippen LogP contribution >= 0.6 is 0 Å². The minimum atomic E-state index is -1.31. The number of rotatable bonds is 8. The zero-order valence-electron chi connectivity index (χ0n) is 18.0. The van der Waals surface area contributed by atoms with Crippen molar-refractivity contribution in [3.63, 3.8) is 0 Å². The highest BCUT2D eigenvalue weighted by atomic mass is 16.5. The van der Waals surface area contributed by atoms with Crippen molar-refractivity contribution in [1.29, 1.82) is 0 Å². The number of ether oxygens (including phenoxy) is 1. The molecule has 7 heteroatoms. The predicted molar refractivity (Wildman–Crippen MR) is 120 cm³/mol. The molecule has 2 unspecified atom stereocenters. The van der Waals surface area contributed by atoms with Gasteiger partial charge in [0.25, 0.3) is 0 Å². The lowest BCUT2D eigenvalue weighted by atomic mass is 9.98. The summed E-state index contributed by atoms with van der Waals surface area (Å²) in [5.41, 5.74) is 4.29. The van der Waals surface area contributed by atoms with E-state index >= 15 is 0 Å². The van der Waals surface area contributed by atoms with Crippen LogP contribution in [0.2, 0.25) is 0 Å². The molecule has 2 amide bonds. The summed E-state index contributed by atoms with van der Waals surface area (Å²) < 4.78 is 5.42. The fraction of sp³-hybridized carbons (Fsp3) is 0.320. The molecular weight excluding hydrogens is 408 g/mol. The average molecular weight is 434 g/mol. The molecule has 0 fully saturated rings. The highest BCUT2D eigenvalue weighted by Gasteiger charge is 2.30. The summed E-state index contributed by atoms with van der Waals surface area (Å²) in [5, 5.41) is 14.1. The molecule has 0 spiro atoms. The van der Waals surface area contributed by atoms with Crippen molar-refractivity contribution in [3.05, 3.63) is 59.7 Å². The summed E-state index contributed by atoms with van der Waals surface area (Å²) in [4.78, 5) is 36.2. The molecule has 2 aromatic rings. The molecule has 0 heterocycles. The van der Waals surface area contributed by atoms with Crippen molar-refractivity contribution < 1.29 is 24.2 Å². The molecule has 2 atom stereocenters. The fourth-order valence-electron chi connectivity index (χ4n) is 3.82. The lowest BCUT2D eigenvalue weighted by molar-refractivity contribution is -0.139. The molecule has 0 aromatic heterocycles. The van der Waals surface area contributed by atoms with Gasteiger partial charge in [-0.25, -0.2) is 4.79 Å². The Morgan fingerprint density at radius 3 is 2.09 bits per heavy atom. The third-order valence-electron chi connectivity index (χ3n) is 5.47. The van der Waals surface area contributed by atoms with Gasteiger partial charge in [-0.3, -0.25) is 9.59 Å². The lowest BCUT2D eigenvalue weighted by Crippen LogP contribution is -2.51. The van der Waals surface area contributed by atoms with Crippen LogP contribution in [0.3, 0.4) is 0 Å². The number of benzene rings is 2. The van der Waals surface area contributed by atoms with Crippen LogP contribution in [0.25, 0.3) is 11.1 Å². The Bertz CT molecular complexity index is 1010. The first kappa shape index (κ1) is 22.9. The minimum Gasteiger partial charge on any atom is -0.481 e. The standard InChI is InChI=1S/C25H26N2O5/c1-4-21(15(2)3)26-24(30)22(13-23(28)29)27-25(31)32-14-20-18-11-7-5-9-16(18)17-10-6-8-12-19(17)20/h1,5-12,15,20-22H,13-14H2,2-3H3,(H,26,30)(H,27,31)(H,28,29). The third kappa shape index (κ3) is 5.09. The van der Waals surface area contributed by atoms with E-state index in [1.807, 2.05) is 62.4 Å². The fourth-order valence-corrected chi connectivity index (χ4v) is 3.82. The molecule has 1 aliphatic rings. The van der Waals surface area contributed by atoms with E-state index in [9.17, 15) is 14.4 Å². The van der Waals surface area contributed by atoms with Crippen LogP contribution in [-0.4, -0.2) is 41.8 Å².